The van der Waals surface area contributed by atoms with E-state index in [1.165, 1.54) is 37.4 Å². The molecule has 0 spiro atoms. The molecular formula is C30H35F3N3O5S+. The first-order valence-electron chi connectivity index (χ1n) is 14.0. The molecule has 1 aromatic heterocycles. The zero-order chi connectivity index (χ0) is 30.3. The molecule has 5 rings (SSSR count). The maximum atomic E-state index is 13.8. The van der Waals surface area contributed by atoms with Crippen molar-refractivity contribution in [2.75, 3.05) is 39.5 Å². The van der Waals surface area contributed by atoms with Crippen LogP contribution in [-0.4, -0.2) is 80.7 Å². The van der Waals surface area contributed by atoms with Gasteiger partial charge < -0.3 is 19.6 Å². The molecule has 2 aliphatic heterocycles. The number of hydrogen-bond acceptors (Lipinski definition) is 7. The van der Waals surface area contributed by atoms with Gasteiger partial charge >= 0.3 is 12.1 Å². The van der Waals surface area contributed by atoms with Gasteiger partial charge in [0.05, 0.1) is 46.9 Å². The van der Waals surface area contributed by atoms with E-state index < -0.39 is 33.7 Å². The number of quaternary nitrogens is 1. The second kappa shape index (κ2) is 11.6. The van der Waals surface area contributed by atoms with Gasteiger partial charge in [-0.15, -0.1) is 0 Å². The maximum Gasteiger partial charge on any atom is 0.416 e. The molecule has 12 heteroatoms. The Morgan fingerprint density at radius 3 is 2.52 bits per heavy atom. The van der Waals surface area contributed by atoms with Crippen molar-refractivity contribution in [1.82, 2.24) is 10.3 Å². The lowest BCUT2D eigenvalue weighted by atomic mass is 9.90. The fourth-order valence-electron chi connectivity index (χ4n) is 6.60. The molecule has 0 bridgehead atoms. The van der Waals surface area contributed by atoms with Gasteiger partial charge in [-0.1, -0.05) is 12.1 Å². The van der Waals surface area contributed by atoms with Gasteiger partial charge in [0.15, 0.2) is 9.84 Å². The summed E-state index contributed by atoms with van der Waals surface area (Å²) in [4.78, 5) is 18.3. The SMILES string of the molecule is COC(=O)c1c(C[N+]2(C3CCNCC3)CCC[C@@H](O)C2)c(-c2cccc(C(F)(F)F)c2)nc2ccc(S(C)(=O)=O)cc12. The molecule has 226 valence electrons. The number of aliphatic hydroxyl groups is 1. The van der Waals surface area contributed by atoms with Gasteiger partial charge in [-0.05, 0) is 43.2 Å². The molecule has 1 unspecified atom stereocenters. The lowest BCUT2D eigenvalue weighted by Gasteiger charge is -2.50. The number of sulfone groups is 1. The predicted molar refractivity (Wildman–Crippen MR) is 151 cm³/mol. The quantitative estimate of drug-likeness (QED) is 0.318. The highest BCUT2D eigenvalue weighted by Gasteiger charge is 2.44. The molecule has 2 N–H and O–H groups in total. The summed E-state index contributed by atoms with van der Waals surface area (Å²) in [5.74, 6) is -0.739. The third-order valence-corrected chi connectivity index (χ3v) is 9.72. The van der Waals surface area contributed by atoms with Crippen molar-refractivity contribution in [3.8, 4) is 11.3 Å². The summed E-state index contributed by atoms with van der Waals surface area (Å²) in [5, 5.41) is 14.5. The zero-order valence-corrected chi connectivity index (χ0v) is 24.4. The molecule has 2 fully saturated rings. The van der Waals surface area contributed by atoms with Gasteiger partial charge in [0, 0.05) is 48.7 Å². The van der Waals surface area contributed by atoms with Crippen LogP contribution in [0, 0.1) is 0 Å². The van der Waals surface area contributed by atoms with E-state index in [1.807, 2.05) is 0 Å². The number of esters is 1. The number of pyridine rings is 1. The molecule has 2 atom stereocenters. The number of fused-ring (bicyclic) bond motifs is 1. The number of piperidine rings is 2. The van der Waals surface area contributed by atoms with Crippen molar-refractivity contribution >= 4 is 26.7 Å². The average molecular weight is 607 g/mol. The lowest BCUT2D eigenvalue weighted by molar-refractivity contribution is -0.971. The van der Waals surface area contributed by atoms with Gasteiger partial charge in [-0.25, -0.2) is 18.2 Å². The number of carbonyl (C=O) groups is 1. The van der Waals surface area contributed by atoms with E-state index in [2.05, 4.69) is 5.32 Å². The van der Waals surface area contributed by atoms with Gasteiger partial charge in [-0.2, -0.15) is 13.2 Å². The van der Waals surface area contributed by atoms with E-state index in [0.717, 1.165) is 50.7 Å². The summed E-state index contributed by atoms with van der Waals surface area (Å²) in [6.07, 6.45) is -1.06. The number of alkyl halides is 3. The predicted octanol–water partition coefficient (Wildman–Crippen LogP) is 4.33. The Hall–Kier alpha value is -3.06. The molecule has 42 heavy (non-hydrogen) atoms. The number of rotatable bonds is 6. The van der Waals surface area contributed by atoms with Gasteiger partial charge in [0.2, 0.25) is 0 Å². The fraction of sp³-hybridized carbons (Fsp3) is 0.467. The highest BCUT2D eigenvalue weighted by atomic mass is 32.2. The van der Waals surface area contributed by atoms with Crippen LogP contribution in [0.1, 0.15) is 47.2 Å². The van der Waals surface area contributed by atoms with Crippen LogP contribution in [-0.2, 0) is 27.3 Å². The van der Waals surface area contributed by atoms with Crippen molar-refractivity contribution in [2.24, 2.45) is 0 Å². The molecule has 8 nitrogen and oxygen atoms in total. The Balaban J connectivity index is 1.83. The number of halogens is 3. The normalized spacial score (nSPS) is 22.3. The van der Waals surface area contributed by atoms with Crippen molar-refractivity contribution < 1.29 is 40.7 Å². The van der Waals surface area contributed by atoms with Crippen LogP contribution in [0.25, 0.3) is 22.2 Å². The molecule has 0 radical (unpaired) electrons. The minimum Gasteiger partial charge on any atom is -0.465 e. The van der Waals surface area contributed by atoms with Crippen LogP contribution >= 0.6 is 0 Å². The van der Waals surface area contributed by atoms with Crippen LogP contribution in [0.3, 0.4) is 0 Å². The van der Waals surface area contributed by atoms with E-state index in [0.29, 0.717) is 29.6 Å². The number of aromatic nitrogens is 1. The largest absolute Gasteiger partial charge is 0.465 e. The average Bonchev–Trinajstić information content (AvgIpc) is 2.95. The molecule has 2 saturated heterocycles. The number of nitrogens with one attached hydrogen (secondary N) is 1. The van der Waals surface area contributed by atoms with Gasteiger partial charge in [-0.3, -0.25) is 0 Å². The van der Waals surface area contributed by atoms with E-state index >= 15 is 0 Å². The summed E-state index contributed by atoms with van der Waals surface area (Å²) >= 11 is 0. The maximum absolute atomic E-state index is 13.8. The summed E-state index contributed by atoms with van der Waals surface area (Å²) in [5.41, 5.74) is 0.244. The molecule has 2 aliphatic rings. The lowest BCUT2D eigenvalue weighted by Crippen LogP contribution is -2.62. The third-order valence-electron chi connectivity index (χ3n) is 8.61. The third kappa shape index (κ3) is 6.03. The first kappa shape index (κ1) is 30.4. The Bertz CT molecular complexity index is 1610. The zero-order valence-electron chi connectivity index (χ0n) is 23.6. The first-order valence-corrected chi connectivity index (χ1v) is 15.9. The van der Waals surface area contributed by atoms with E-state index in [4.69, 9.17) is 9.72 Å². The summed E-state index contributed by atoms with van der Waals surface area (Å²) in [7, 11) is -2.44. The number of likely N-dealkylation sites (tertiary alicyclic amines) is 1. The minimum absolute atomic E-state index is 0.0182. The summed E-state index contributed by atoms with van der Waals surface area (Å²) in [6.45, 7) is 2.93. The second-order valence-corrected chi connectivity index (χ2v) is 13.4. The van der Waals surface area contributed by atoms with E-state index in [1.54, 1.807) is 0 Å². The highest BCUT2D eigenvalue weighted by molar-refractivity contribution is 7.90. The van der Waals surface area contributed by atoms with Crippen molar-refractivity contribution in [3.05, 3.63) is 59.2 Å². The van der Waals surface area contributed by atoms with Crippen LogP contribution in [0.15, 0.2) is 47.4 Å². The van der Waals surface area contributed by atoms with Gasteiger partial charge in [0.25, 0.3) is 0 Å². The van der Waals surface area contributed by atoms with Crippen LogP contribution in [0.4, 0.5) is 13.2 Å². The first-order chi connectivity index (χ1) is 19.8. The smallest absolute Gasteiger partial charge is 0.416 e. The number of carbonyl (C=O) groups excluding carboxylic acids is 1. The molecular weight excluding hydrogens is 571 g/mol. The Morgan fingerprint density at radius 1 is 1.14 bits per heavy atom. The summed E-state index contributed by atoms with van der Waals surface area (Å²) in [6, 6.07) is 9.17. The standard InChI is InChI=1S/C30H35F3N3O5S/c1-41-29(38)27-24-16-23(42(2,39)40)8-9-26(24)35-28(19-5-3-6-20(15-19)30(31,32)33)25(27)18-36(14-4-7-22(37)17-36)21-10-12-34-13-11-21/h3,5-6,8-9,15-16,21-22,34,37H,4,7,10-14,17-18H2,1-2H3/q+1/t22-,36?/m1/s1. The van der Waals surface area contributed by atoms with Crippen molar-refractivity contribution in [2.45, 2.75) is 55.4 Å². The van der Waals surface area contributed by atoms with Crippen LogP contribution in [0.5, 0.6) is 0 Å². The molecule has 3 heterocycles. The Kier molecular flexibility index (Phi) is 8.36. The van der Waals surface area contributed by atoms with Crippen molar-refractivity contribution in [1.29, 1.82) is 0 Å². The van der Waals surface area contributed by atoms with Crippen LogP contribution < -0.4 is 5.32 Å². The molecule has 3 aromatic rings. The number of aliphatic hydroxyl groups excluding tert-OH is 1. The Morgan fingerprint density at radius 2 is 1.88 bits per heavy atom. The number of ether oxygens (including phenoxy) is 1. The molecule has 0 saturated carbocycles. The van der Waals surface area contributed by atoms with E-state index in [9.17, 15) is 31.5 Å². The number of nitrogens with zero attached hydrogens (tertiary/aromatic N) is 2. The number of hydrogen-bond donors (Lipinski definition) is 2. The molecule has 0 aliphatic carbocycles. The number of benzene rings is 2. The van der Waals surface area contributed by atoms with Crippen molar-refractivity contribution in [3.63, 3.8) is 0 Å². The minimum atomic E-state index is -4.59. The van der Waals surface area contributed by atoms with E-state index in [-0.39, 0.29) is 45.2 Å². The second-order valence-electron chi connectivity index (χ2n) is 11.4. The molecule has 0 amide bonds. The topological polar surface area (TPSA) is 106 Å². The van der Waals surface area contributed by atoms with Crippen LogP contribution in [0.2, 0.25) is 0 Å². The Labute approximate surface area is 243 Å². The number of methoxy groups -OCH3 is 1. The molecule has 2 aromatic carbocycles. The monoisotopic (exact) mass is 606 g/mol. The fourth-order valence-corrected chi connectivity index (χ4v) is 7.25. The highest BCUT2D eigenvalue weighted by Crippen LogP contribution is 2.39. The summed E-state index contributed by atoms with van der Waals surface area (Å²) < 4.78 is 71.9. The van der Waals surface area contributed by atoms with Gasteiger partial charge in [0.1, 0.15) is 19.2 Å².